The van der Waals surface area contributed by atoms with Crippen LogP contribution in [0.1, 0.15) is 32.9 Å². The van der Waals surface area contributed by atoms with E-state index in [9.17, 15) is 0 Å². The summed E-state index contributed by atoms with van der Waals surface area (Å²) in [5.74, 6) is 0. The van der Waals surface area contributed by atoms with Crippen molar-refractivity contribution in [1.29, 1.82) is 0 Å². The highest BCUT2D eigenvalue weighted by atomic mass is 15.0. The fraction of sp³-hybridized carbons (Fsp3) is 0.636. The van der Waals surface area contributed by atoms with Crippen molar-refractivity contribution in [3.8, 4) is 0 Å². The Morgan fingerprint density at radius 3 is 2.42 bits per heavy atom. The van der Waals surface area contributed by atoms with Crippen LogP contribution in [0.3, 0.4) is 0 Å². The highest BCUT2D eigenvalue weighted by Gasteiger charge is 2.09. The third kappa shape index (κ3) is 2.72. The molecule has 0 bridgehead atoms. The molecule has 0 saturated carbocycles. The van der Waals surface area contributed by atoms with E-state index in [1.165, 1.54) is 12.1 Å². The first-order chi connectivity index (χ1) is 5.49. The minimum atomic E-state index is 0.441. The molecule has 12 heavy (non-hydrogen) atoms. The fourth-order valence-corrected chi connectivity index (χ4v) is 1.21. The van der Waals surface area contributed by atoms with Crippen molar-refractivity contribution in [3.63, 3.8) is 0 Å². The van der Waals surface area contributed by atoms with E-state index in [2.05, 4.69) is 50.6 Å². The average molecular weight is 165 g/mol. The summed E-state index contributed by atoms with van der Waals surface area (Å²) in [6.07, 6.45) is 3.39. The van der Waals surface area contributed by atoms with Gasteiger partial charge < -0.3 is 4.57 Å². The molecule has 0 radical (unpaired) electrons. The molecule has 0 spiro atoms. The van der Waals surface area contributed by atoms with E-state index in [0.29, 0.717) is 5.41 Å². The van der Waals surface area contributed by atoms with E-state index < -0.39 is 0 Å². The van der Waals surface area contributed by atoms with Gasteiger partial charge in [0.15, 0.2) is 0 Å². The Morgan fingerprint density at radius 2 is 2.00 bits per heavy atom. The number of nitrogens with zero attached hydrogens (tertiary/aromatic N) is 1. The third-order valence-corrected chi connectivity index (χ3v) is 2.16. The lowest BCUT2D eigenvalue weighted by Gasteiger charge is -2.18. The van der Waals surface area contributed by atoms with E-state index in [1.807, 2.05) is 0 Å². The average Bonchev–Trinajstić information content (AvgIpc) is 2.29. The van der Waals surface area contributed by atoms with Crippen molar-refractivity contribution in [1.82, 2.24) is 4.57 Å². The first kappa shape index (κ1) is 9.37. The van der Waals surface area contributed by atoms with E-state index in [0.717, 1.165) is 6.54 Å². The lowest BCUT2D eigenvalue weighted by molar-refractivity contribution is 0.349. The molecule has 0 unspecified atom stereocenters. The summed E-state index contributed by atoms with van der Waals surface area (Å²) < 4.78 is 2.31. The molecule has 1 aromatic heterocycles. The molecular weight excluding hydrogens is 146 g/mol. The maximum atomic E-state index is 2.31. The highest BCUT2D eigenvalue weighted by Crippen LogP contribution is 2.19. The largest absolute Gasteiger partial charge is 0.352 e. The Labute approximate surface area is 75.4 Å². The minimum absolute atomic E-state index is 0.441. The zero-order chi connectivity index (χ0) is 9.19. The Bertz CT molecular complexity index is 240. The standard InChI is InChI=1S/C11H19N/c1-10-6-5-8-12(10)9-7-11(2,3)4/h5-6,8H,7,9H2,1-4H3. The zero-order valence-corrected chi connectivity index (χ0v) is 8.59. The van der Waals surface area contributed by atoms with Gasteiger partial charge >= 0.3 is 0 Å². The number of aryl methyl sites for hydroxylation is 2. The van der Waals surface area contributed by atoms with Crippen LogP contribution >= 0.6 is 0 Å². The van der Waals surface area contributed by atoms with Crippen molar-refractivity contribution >= 4 is 0 Å². The summed E-state index contributed by atoms with van der Waals surface area (Å²) in [5.41, 5.74) is 1.80. The van der Waals surface area contributed by atoms with E-state index in [1.54, 1.807) is 0 Å². The van der Waals surface area contributed by atoms with Crippen LogP contribution in [0, 0.1) is 12.3 Å². The van der Waals surface area contributed by atoms with Crippen LogP contribution in [0.25, 0.3) is 0 Å². The van der Waals surface area contributed by atoms with Crippen LogP contribution in [-0.4, -0.2) is 4.57 Å². The molecule has 0 aliphatic rings. The Balaban J connectivity index is 2.49. The molecule has 0 aromatic carbocycles. The Morgan fingerprint density at radius 1 is 1.33 bits per heavy atom. The smallest absolute Gasteiger partial charge is 0.0227 e. The summed E-state index contributed by atoms with van der Waals surface area (Å²) >= 11 is 0. The van der Waals surface area contributed by atoms with Gasteiger partial charge in [-0.3, -0.25) is 0 Å². The van der Waals surface area contributed by atoms with Gasteiger partial charge in [0, 0.05) is 18.4 Å². The quantitative estimate of drug-likeness (QED) is 0.634. The first-order valence-electron chi connectivity index (χ1n) is 4.61. The van der Waals surface area contributed by atoms with Gasteiger partial charge in [0.05, 0.1) is 0 Å². The van der Waals surface area contributed by atoms with Crippen molar-refractivity contribution in [2.75, 3.05) is 0 Å². The molecule has 1 heteroatoms. The Kier molecular flexibility index (Phi) is 2.61. The third-order valence-electron chi connectivity index (χ3n) is 2.16. The normalized spacial score (nSPS) is 12.0. The maximum Gasteiger partial charge on any atom is 0.0227 e. The van der Waals surface area contributed by atoms with Crippen molar-refractivity contribution in [2.24, 2.45) is 5.41 Å². The Hall–Kier alpha value is -0.720. The molecule has 0 saturated heterocycles. The zero-order valence-electron chi connectivity index (χ0n) is 8.59. The van der Waals surface area contributed by atoms with Gasteiger partial charge in [0.1, 0.15) is 0 Å². The lowest BCUT2D eigenvalue weighted by Crippen LogP contribution is -2.10. The van der Waals surface area contributed by atoms with Crippen molar-refractivity contribution < 1.29 is 0 Å². The van der Waals surface area contributed by atoms with Crippen molar-refractivity contribution in [2.45, 2.75) is 40.7 Å². The molecule has 0 aliphatic heterocycles. The molecule has 0 amide bonds. The molecule has 0 atom stereocenters. The van der Waals surface area contributed by atoms with E-state index in [-0.39, 0.29) is 0 Å². The van der Waals surface area contributed by atoms with Gasteiger partial charge in [0.25, 0.3) is 0 Å². The second kappa shape index (κ2) is 3.34. The minimum Gasteiger partial charge on any atom is -0.352 e. The van der Waals surface area contributed by atoms with Crippen LogP contribution < -0.4 is 0 Å². The summed E-state index contributed by atoms with van der Waals surface area (Å²) in [6, 6.07) is 4.26. The molecule has 1 aromatic rings. The highest BCUT2D eigenvalue weighted by molar-refractivity contribution is 5.04. The number of rotatable bonds is 2. The van der Waals surface area contributed by atoms with Crippen LogP contribution in [0.5, 0.6) is 0 Å². The number of hydrogen-bond donors (Lipinski definition) is 0. The molecule has 1 heterocycles. The predicted octanol–water partition coefficient (Wildman–Crippen LogP) is 3.23. The van der Waals surface area contributed by atoms with Gasteiger partial charge in [-0.1, -0.05) is 20.8 Å². The molecule has 68 valence electrons. The molecular formula is C11H19N. The molecule has 1 nitrogen and oxygen atoms in total. The SMILES string of the molecule is Cc1cccn1CCC(C)(C)C. The maximum absolute atomic E-state index is 2.31. The summed E-state index contributed by atoms with van der Waals surface area (Å²) in [4.78, 5) is 0. The number of hydrogen-bond acceptors (Lipinski definition) is 0. The second-order valence-corrected chi connectivity index (χ2v) is 4.65. The summed E-state index contributed by atoms with van der Waals surface area (Å²) in [5, 5.41) is 0. The summed E-state index contributed by atoms with van der Waals surface area (Å²) in [6.45, 7) is 10.1. The molecule has 0 aliphatic carbocycles. The predicted molar refractivity (Wildman–Crippen MR) is 53.2 cm³/mol. The fourth-order valence-electron chi connectivity index (χ4n) is 1.21. The molecule has 1 rings (SSSR count). The van der Waals surface area contributed by atoms with Crippen LogP contribution in [-0.2, 0) is 6.54 Å². The van der Waals surface area contributed by atoms with E-state index >= 15 is 0 Å². The molecule has 0 fully saturated rings. The lowest BCUT2D eigenvalue weighted by atomic mass is 9.92. The monoisotopic (exact) mass is 165 g/mol. The van der Waals surface area contributed by atoms with Gasteiger partial charge in [-0.25, -0.2) is 0 Å². The van der Waals surface area contributed by atoms with Gasteiger partial charge in [-0.2, -0.15) is 0 Å². The van der Waals surface area contributed by atoms with Gasteiger partial charge in [0.2, 0.25) is 0 Å². The van der Waals surface area contributed by atoms with Crippen LogP contribution in [0.4, 0.5) is 0 Å². The van der Waals surface area contributed by atoms with Gasteiger partial charge in [-0.05, 0) is 30.9 Å². The topological polar surface area (TPSA) is 4.93 Å². The van der Waals surface area contributed by atoms with Crippen molar-refractivity contribution in [3.05, 3.63) is 24.0 Å². The van der Waals surface area contributed by atoms with E-state index in [4.69, 9.17) is 0 Å². The number of aromatic nitrogens is 1. The first-order valence-corrected chi connectivity index (χ1v) is 4.61. The van der Waals surface area contributed by atoms with Crippen LogP contribution in [0.2, 0.25) is 0 Å². The molecule has 0 N–H and O–H groups in total. The van der Waals surface area contributed by atoms with Crippen LogP contribution in [0.15, 0.2) is 18.3 Å². The second-order valence-electron chi connectivity index (χ2n) is 4.65. The summed E-state index contributed by atoms with van der Waals surface area (Å²) in [7, 11) is 0. The van der Waals surface area contributed by atoms with Gasteiger partial charge in [-0.15, -0.1) is 0 Å².